The van der Waals surface area contributed by atoms with Gasteiger partial charge in [0.15, 0.2) is 5.82 Å². The lowest BCUT2D eigenvalue weighted by Crippen LogP contribution is -2.18. The molecule has 2 aromatic rings. The van der Waals surface area contributed by atoms with Crippen LogP contribution in [0.15, 0.2) is 4.47 Å². The third-order valence-corrected chi connectivity index (χ3v) is 5.01. The summed E-state index contributed by atoms with van der Waals surface area (Å²) in [5.41, 5.74) is 4.41. The first-order valence-electron chi connectivity index (χ1n) is 6.97. The zero-order chi connectivity index (χ0) is 14.4. The van der Waals surface area contributed by atoms with Crippen LogP contribution in [-0.2, 0) is 13.6 Å². The van der Waals surface area contributed by atoms with Crippen LogP contribution in [0, 0.1) is 20.8 Å². The molecule has 2 aromatic heterocycles. The first-order chi connectivity index (χ1) is 9.49. The summed E-state index contributed by atoms with van der Waals surface area (Å²) in [4.78, 5) is 0. The first-order valence-corrected chi connectivity index (χ1v) is 7.76. The molecule has 1 N–H and O–H groups in total. The molecule has 0 aliphatic heterocycles. The standard InChI is InChI=1S/C14H20BrN5/c1-8-12(7-16-11-5-6-11)14(19(4)17-8)20-10(3)13(15)9(2)18-20/h11,16H,5-7H2,1-4H3. The Balaban J connectivity index is 2.04. The second-order valence-corrected chi connectivity index (χ2v) is 6.36. The molecule has 0 atom stereocenters. The second kappa shape index (κ2) is 5.00. The average Bonchev–Trinajstić information content (AvgIpc) is 3.14. The van der Waals surface area contributed by atoms with Crippen LogP contribution >= 0.6 is 15.9 Å². The lowest BCUT2D eigenvalue weighted by atomic mass is 10.2. The summed E-state index contributed by atoms with van der Waals surface area (Å²) in [6, 6.07) is 0.689. The quantitative estimate of drug-likeness (QED) is 0.932. The third kappa shape index (κ3) is 2.31. The molecule has 1 aliphatic carbocycles. The van der Waals surface area contributed by atoms with Gasteiger partial charge in [0, 0.05) is 25.2 Å². The van der Waals surface area contributed by atoms with E-state index in [0.29, 0.717) is 6.04 Å². The number of nitrogens with one attached hydrogen (secondary N) is 1. The van der Waals surface area contributed by atoms with Gasteiger partial charge in [-0.25, -0.2) is 4.68 Å². The molecule has 108 valence electrons. The summed E-state index contributed by atoms with van der Waals surface area (Å²) in [5, 5.41) is 12.8. The van der Waals surface area contributed by atoms with Crippen molar-refractivity contribution in [1.82, 2.24) is 24.9 Å². The highest BCUT2D eigenvalue weighted by molar-refractivity contribution is 9.10. The molecule has 5 nitrogen and oxygen atoms in total. The number of aromatic nitrogens is 4. The molecule has 0 radical (unpaired) electrons. The topological polar surface area (TPSA) is 47.7 Å². The number of halogens is 1. The van der Waals surface area contributed by atoms with Crippen molar-refractivity contribution in [2.24, 2.45) is 7.05 Å². The summed E-state index contributed by atoms with van der Waals surface area (Å²) in [7, 11) is 1.98. The monoisotopic (exact) mass is 337 g/mol. The van der Waals surface area contributed by atoms with Crippen molar-refractivity contribution in [2.75, 3.05) is 0 Å². The van der Waals surface area contributed by atoms with E-state index < -0.39 is 0 Å². The van der Waals surface area contributed by atoms with Crippen molar-refractivity contribution >= 4 is 15.9 Å². The fourth-order valence-electron chi connectivity index (χ4n) is 2.53. The molecular weight excluding hydrogens is 318 g/mol. The maximum absolute atomic E-state index is 4.64. The maximum Gasteiger partial charge on any atom is 0.156 e. The predicted molar refractivity (Wildman–Crippen MR) is 82.1 cm³/mol. The average molecular weight is 338 g/mol. The lowest BCUT2D eigenvalue weighted by Gasteiger charge is -2.09. The van der Waals surface area contributed by atoms with Crippen molar-refractivity contribution in [1.29, 1.82) is 0 Å². The van der Waals surface area contributed by atoms with Gasteiger partial charge in [-0.15, -0.1) is 0 Å². The minimum Gasteiger partial charge on any atom is -0.310 e. The van der Waals surface area contributed by atoms with Crippen LogP contribution in [-0.4, -0.2) is 25.6 Å². The highest BCUT2D eigenvalue weighted by Crippen LogP contribution is 2.26. The Morgan fingerprint density at radius 3 is 2.45 bits per heavy atom. The Morgan fingerprint density at radius 2 is 1.90 bits per heavy atom. The molecule has 0 spiro atoms. The smallest absolute Gasteiger partial charge is 0.156 e. The van der Waals surface area contributed by atoms with Crippen LogP contribution < -0.4 is 5.32 Å². The molecule has 0 unspecified atom stereocenters. The summed E-state index contributed by atoms with van der Waals surface area (Å²) in [6.45, 7) is 7.01. The minimum atomic E-state index is 0.689. The molecule has 0 bridgehead atoms. The van der Waals surface area contributed by atoms with E-state index in [-0.39, 0.29) is 0 Å². The number of aryl methyl sites for hydroxylation is 3. The lowest BCUT2D eigenvalue weighted by molar-refractivity contribution is 0.658. The Labute approximate surface area is 127 Å². The zero-order valence-electron chi connectivity index (χ0n) is 12.4. The highest BCUT2D eigenvalue weighted by Gasteiger charge is 2.24. The third-order valence-electron chi connectivity index (χ3n) is 3.86. The van der Waals surface area contributed by atoms with Crippen molar-refractivity contribution in [3.63, 3.8) is 0 Å². The number of nitrogens with zero attached hydrogens (tertiary/aromatic N) is 4. The van der Waals surface area contributed by atoms with Gasteiger partial charge in [0.1, 0.15) is 0 Å². The number of hydrogen-bond acceptors (Lipinski definition) is 3. The van der Waals surface area contributed by atoms with Gasteiger partial charge in [0.2, 0.25) is 0 Å². The van der Waals surface area contributed by atoms with Crippen LogP contribution in [0.4, 0.5) is 0 Å². The van der Waals surface area contributed by atoms with Crippen molar-refractivity contribution in [3.8, 4) is 5.82 Å². The van der Waals surface area contributed by atoms with E-state index in [0.717, 1.165) is 33.9 Å². The summed E-state index contributed by atoms with van der Waals surface area (Å²) < 4.78 is 4.98. The van der Waals surface area contributed by atoms with Crippen molar-refractivity contribution in [2.45, 2.75) is 46.2 Å². The number of hydrogen-bond donors (Lipinski definition) is 1. The van der Waals surface area contributed by atoms with Crippen LogP contribution in [0.25, 0.3) is 5.82 Å². The van der Waals surface area contributed by atoms with E-state index in [1.807, 2.05) is 23.3 Å². The van der Waals surface area contributed by atoms with E-state index in [9.17, 15) is 0 Å². The van der Waals surface area contributed by atoms with E-state index in [4.69, 9.17) is 0 Å². The van der Waals surface area contributed by atoms with E-state index in [2.05, 4.69) is 45.3 Å². The molecule has 0 saturated heterocycles. The molecule has 1 saturated carbocycles. The summed E-state index contributed by atoms with van der Waals surface area (Å²) in [6.07, 6.45) is 2.58. The van der Waals surface area contributed by atoms with Gasteiger partial charge in [-0.3, -0.25) is 4.68 Å². The molecule has 6 heteroatoms. The molecule has 2 heterocycles. The first kappa shape index (κ1) is 13.8. The van der Waals surface area contributed by atoms with Gasteiger partial charge in [0.05, 0.1) is 21.6 Å². The fraction of sp³-hybridized carbons (Fsp3) is 0.571. The van der Waals surface area contributed by atoms with Gasteiger partial charge < -0.3 is 5.32 Å². The summed E-state index contributed by atoms with van der Waals surface area (Å²) in [5.74, 6) is 1.06. The molecule has 20 heavy (non-hydrogen) atoms. The molecule has 0 aromatic carbocycles. The van der Waals surface area contributed by atoms with Crippen LogP contribution in [0.2, 0.25) is 0 Å². The van der Waals surface area contributed by atoms with Gasteiger partial charge in [-0.2, -0.15) is 10.2 Å². The van der Waals surface area contributed by atoms with E-state index in [1.54, 1.807) is 0 Å². The maximum atomic E-state index is 4.64. The Hall–Kier alpha value is -1.14. The molecule has 1 aliphatic rings. The Kier molecular flexibility index (Phi) is 3.46. The van der Waals surface area contributed by atoms with E-state index >= 15 is 0 Å². The molecule has 0 amide bonds. The Bertz CT molecular complexity index is 651. The van der Waals surface area contributed by atoms with Crippen molar-refractivity contribution < 1.29 is 0 Å². The SMILES string of the molecule is Cc1nn(-c2c(CNC3CC3)c(C)nn2C)c(C)c1Br. The van der Waals surface area contributed by atoms with Crippen LogP contribution in [0.1, 0.15) is 35.5 Å². The van der Waals surface area contributed by atoms with E-state index in [1.165, 1.54) is 18.4 Å². The fourth-order valence-corrected chi connectivity index (χ4v) is 2.77. The van der Waals surface area contributed by atoms with Crippen LogP contribution in [0.5, 0.6) is 0 Å². The predicted octanol–water partition coefficient (Wildman–Crippen LogP) is 2.55. The second-order valence-electron chi connectivity index (χ2n) is 5.56. The van der Waals surface area contributed by atoms with Gasteiger partial charge in [0.25, 0.3) is 0 Å². The number of rotatable bonds is 4. The largest absolute Gasteiger partial charge is 0.310 e. The highest BCUT2D eigenvalue weighted by atomic mass is 79.9. The van der Waals surface area contributed by atoms with Crippen LogP contribution in [0.3, 0.4) is 0 Å². The van der Waals surface area contributed by atoms with Crippen molar-refractivity contribution in [3.05, 3.63) is 27.1 Å². The van der Waals surface area contributed by atoms with Gasteiger partial charge in [-0.05, 0) is 49.5 Å². The Morgan fingerprint density at radius 1 is 1.20 bits per heavy atom. The zero-order valence-corrected chi connectivity index (χ0v) is 14.0. The van der Waals surface area contributed by atoms with Gasteiger partial charge in [-0.1, -0.05) is 0 Å². The molecule has 3 rings (SSSR count). The minimum absolute atomic E-state index is 0.689. The summed E-state index contributed by atoms with van der Waals surface area (Å²) >= 11 is 3.60. The van der Waals surface area contributed by atoms with Gasteiger partial charge >= 0.3 is 0 Å². The molecule has 1 fully saturated rings. The molecular formula is C14H20BrN5. The normalized spacial score (nSPS) is 15.1.